The van der Waals surface area contributed by atoms with Gasteiger partial charge in [-0.3, -0.25) is 10.1 Å². The average molecular weight is 479 g/mol. The number of phenols is 1. The van der Waals surface area contributed by atoms with Crippen molar-refractivity contribution in [2.24, 2.45) is 5.10 Å². The second kappa shape index (κ2) is 11.1. The number of non-ortho nitro benzene ring substituents is 1. The van der Waals surface area contributed by atoms with Crippen molar-refractivity contribution in [3.63, 3.8) is 0 Å². The third-order valence-corrected chi connectivity index (χ3v) is 5.43. The number of ether oxygens (including phenoxy) is 1. The lowest BCUT2D eigenvalue weighted by atomic mass is 10.2. The van der Waals surface area contributed by atoms with Gasteiger partial charge in [-0.15, -0.1) is 0 Å². The van der Waals surface area contributed by atoms with Crippen LogP contribution in [0.2, 0.25) is 0 Å². The number of nitrogens with one attached hydrogen (secondary N) is 2. The van der Waals surface area contributed by atoms with Crippen LogP contribution in [-0.2, 0) is 0 Å². The second-order valence-corrected chi connectivity index (χ2v) is 7.91. The number of hydrogen-bond donors (Lipinski definition) is 3. The van der Waals surface area contributed by atoms with Crippen LogP contribution < -0.4 is 20.4 Å². The van der Waals surface area contributed by atoms with Gasteiger partial charge in [0, 0.05) is 30.9 Å². The molecule has 4 rings (SSSR count). The first-order chi connectivity index (χ1) is 17.0. The number of nitro benzene ring substituents is 1. The number of phenolic OH excluding ortho intramolecular Hbond substituents is 1. The molecule has 12 heteroatoms. The minimum absolute atomic E-state index is 0.000920. The highest BCUT2D eigenvalue weighted by molar-refractivity contribution is 5.81. The number of hydrazone groups is 1. The molecule has 0 bridgehead atoms. The number of nitrogens with zero attached hydrogens (tertiary/aromatic N) is 6. The summed E-state index contributed by atoms with van der Waals surface area (Å²) >= 11 is 0. The molecule has 3 N–H and O–H groups in total. The number of benzene rings is 2. The number of methoxy groups -OCH3 is 1. The van der Waals surface area contributed by atoms with E-state index in [-0.39, 0.29) is 23.3 Å². The molecule has 2 heterocycles. The summed E-state index contributed by atoms with van der Waals surface area (Å²) in [5.74, 6) is 1.43. The van der Waals surface area contributed by atoms with Gasteiger partial charge in [-0.25, -0.2) is 5.43 Å². The van der Waals surface area contributed by atoms with E-state index < -0.39 is 4.92 Å². The lowest BCUT2D eigenvalue weighted by Gasteiger charge is -2.21. The predicted molar refractivity (Wildman–Crippen MR) is 133 cm³/mol. The fourth-order valence-corrected chi connectivity index (χ4v) is 3.62. The van der Waals surface area contributed by atoms with Gasteiger partial charge in [0.25, 0.3) is 5.69 Å². The summed E-state index contributed by atoms with van der Waals surface area (Å²) in [5, 5.41) is 28.0. The van der Waals surface area contributed by atoms with Gasteiger partial charge in [-0.1, -0.05) is 12.8 Å². The molecule has 0 unspecified atom stereocenters. The van der Waals surface area contributed by atoms with Crippen molar-refractivity contribution in [1.82, 2.24) is 15.0 Å². The number of hydrogen-bond acceptors (Lipinski definition) is 11. The Labute approximate surface area is 201 Å². The first-order valence-corrected chi connectivity index (χ1v) is 11.2. The Balaban J connectivity index is 1.57. The quantitative estimate of drug-likeness (QED) is 0.245. The summed E-state index contributed by atoms with van der Waals surface area (Å²) in [4.78, 5) is 26.1. The molecule has 0 spiro atoms. The van der Waals surface area contributed by atoms with Gasteiger partial charge < -0.3 is 20.1 Å². The summed E-state index contributed by atoms with van der Waals surface area (Å²) in [5.41, 5.74) is 4.15. The molecule has 1 aromatic heterocycles. The summed E-state index contributed by atoms with van der Waals surface area (Å²) < 4.78 is 5.12. The Hall–Kier alpha value is -4.48. The van der Waals surface area contributed by atoms with E-state index in [4.69, 9.17) is 4.74 Å². The molecular formula is C23H26N8O4. The first-order valence-electron chi connectivity index (χ1n) is 11.2. The Morgan fingerprint density at radius 1 is 1.06 bits per heavy atom. The van der Waals surface area contributed by atoms with Crippen LogP contribution in [0.25, 0.3) is 0 Å². The summed E-state index contributed by atoms with van der Waals surface area (Å²) in [7, 11) is 1.48. The molecule has 0 radical (unpaired) electrons. The summed E-state index contributed by atoms with van der Waals surface area (Å²) in [6.45, 7) is 1.69. The Morgan fingerprint density at radius 2 is 1.77 bits per heavy atom. The van der Waals surface area contributed by atoms with Crippen LogP contribution in [0.15, 0.2) is 47.6 Å². The van der Waals surface area contributed by atoms with Gasteiger partial charge in [0.1, 0.15) is 0 Å². The van der Waals surface area contributed by atoms with E-state index in [1.54, 1.807) is 30.5 Å². The fourth-order valence-electron chi connectivity index (χ4n) is 3.62. The normalized spacial score (nSPS) is 13.9. The zero-order valence-corrected chi connectivity index (χ0v) is 19.2. The van der Waals surface area contributed by atoms with E-state index in [0.29, 0.717) is 22.9 Å². The van der Waals surface area contributed by atoms with E-state index >= 15 is 0 Å². The number of rotatable bonds is 8. The molecule has 0 amide bonds. The molecule has 1 saturated heterocycles. The molecule has 182 valence electrons. The maximum absolute atomic E-state index is 10.9. The highest BCUT2D eigenvalue weighted by Gasteiger charge is 2.16. The highest BCUT2D eigenvalue weighted by atomic mass is 16.6. The monoisotopic (exact) mass is 478 g/mol. The van der Waals surface area contributed by atoms with Crippen LogP contribution in [0.3, 0.4) is 0 Å². The van der Waals surface area contributed by atoms with E-state index in [1.807, 2.05) is 0 Å². The molecule has 0 aliphatic carbocycles. The van der Waals surface area contributed by atoms with Crippen LogP contribution >= 0.6 is 0 Å². The van der Waals surface area contributed by atoms with E-state index in [1.165, 1.54) is 38.2 Å². The van der Waals surface area contributed by atoms with Crippen molar-refractivity contribution in [2.75, 3.05) is 35.8 Å². The van der Waals surface area contributed by atoms with Crippen molar-refractivity contribution in [1.29, 1.82) is 0 Å². The van der Waals surface area contributed by atoms with E-state index in [2.05, 4.69) is 35.7 Å². The van der Waals surface area contributed by atoms with Crippen molar-refractivity contribution >= 4 is 35.4 Å². The van der Waals surface area contributed by atoms with Crippen molar-refractivity contribution in [2.45, 2.75) is 25.7 Å². The molecule has 1 aliphatic heterocycles. The number of anilines is 4. The molecule has 12 nitrogen and oxygen atoms in total. The lowest BCUT2D eigenvalue weighted by molar-refractivity contribution is -0.384. The largest absolute Gasteiger partial charge is 0.504 e. The number of nitro groups is 1. The summed E-state index contributed by atoms with van der Waals surface area (Å²) in [6, 6.07) is 10.9. The van der Waals surface area contributed by atoms with Gasteiger partial charge in [-0.05, 0) is 48.7 Å². The average Bonchev–Trinajstić information content (AvgIpc) is 3.15. The minimum Gasteiger partial charge on any atom is -0.504 e. The molecule has 35 heavy (non-hydrogen) atoms. The Bertz CT molecular complexity index is 1190. The van der Waals surface area contributed by atoms with Gasteiger partial charge in [0.2, 0.25) is 17.8 Å². The molecule has 1 aliphatic rings. The predicted octanol–water partition coefficient (Wildman–Crippen LogP) is 4.06. The molecule has 0 atom stereocenters. The molecule has 3 aromatic rings. The standard InChI is InChI=1S/C23H26N8O4/c1-35-20-14-16(6-11-19(20)32)15-24-29-22-26-21(25-17-7-9-18(10-8-17)31(33)34)27-23(28-22)30-12-4-2-3-5-13-30/h6-11,14-15,32H,2-5,12-13H2,1H3,(H2,25,26,27,28,29)/b24-15-. The lowest BCUT2D eigenvalue weighted by Crippen LogP contribution is -2.26. The van der Waals surface area contributed by atoms with Crippen LogP contribution in [0, 0.1) is 10.1 Å². The molecular weight excluding hydrogens is 452 g/mol. The van der Waals surface area contributed by atoms with Gasteiger partial charge in [0.05, 0.1) is 18.2 Å². The van der Waals surface area contributed by atoms with E-state index in [0.717, 1.165) is 25.9 Å². The number of aromatic hydroxyl groups is 1. The zero-order valence-electron chi connectivity index (χ0n) is 19.2. The third kappa shape index (κ3) is 6.31. The van der Waals surface area contributed by atoms with Crippen molar-refractivity contribution in [3.8, 4) is 11.5 Å². The van der Waals surface area contributed by atoms with Crippen LogP contribution in [0.5, 0.6) is 11.5 Å². The fraction of sp³-hybridized carbons (Fsp3) is 0.304. The van der Waals surface area contributed by atoms with Crippen molar-refractivity contribution in [3.05, 3.63) is 58.1 Å². The number of aromatic nitrogens is 3. The summed E-state index contributed by atoms with van der Waals surface area (Å²) in [6.07, 6.45) is 6.00. The molecule has 2 aromatic carbocycles. The second-order valence-electron chi connectivity index (χ2n) is 7.91. The zero-order chi connectivity index (χ0) is 24.6. The Morgan fingerprint density at radius 3 is 2.46 bits per heavy atom. The topological polar surface area (TPSA) is 151 Å². The minimum atomic E-state index is -0.451. The molecule has 0 saturated carbocycles. The van der Waals surface area contributed by atoms with Crippen molar-refractivity contribution < 1.29 is 14.8 Å². The van der Waals surface area contributed by atoms with Crippen LogP contribution in [-0.4, -0.2) is 51.4 Å². The SMILES string of the molecule is COc1cc(/C=N\Nc2nc(Nc3ccc([N+](=O)[O-])cc3)nc(N3CCCCCC3)n2)ccc1O. The van der Waals surface area contributed by atoms with Gasteiger partial charge >= 0.3 is 0 Å². The van der Waals surface area contributed by atoms with Crippen LogP contribution in [0.1, 0.15) is 31.2 Å². The smallest absolute Gasteiger partial charge is 0.269 e. The van der Waals surface area contributed by atoms with Gasteiger partial charge in [0.15, 0.2) is 11.5 Å². The Kier molecular flexibility index (Phi) is 7.50. The highest BCUT2D eigenvalue weighted by Crippen LogP contribution is 2.26. The van der Waals surface area contributed by atoms with E-state index in [9.17, 15) is 15.2 Å². The van der Waals surface area contributed by atoms with Gasteiger partial charge in [-0.2, -0.15) is 20.1 Å². The van der Waals surface area contributed by atoms with Crippen LogP contribution in [0.4, 0.5) is 29.2 Å². The first kappa shape index (κ1) is 23.7. The maximum atomic E-state index is 10.9. The third-order valence-electron chi connectivity index (χ3n) is 5.43. The maximum Gasteiger partial charge on any atom is 0.269 e. The molecule has 1 fully saturated rings.